The van der Waals surface area contributed by atoms with Gasteiger partial charge in [-0.25, -0.2) is 0 Å². The van der Waals surface area contributed by atoms with E-state index >= 15 is 0 Å². The Balaban J connectivity index is 2.76. The van der Waals surface area contributed by atoms with Crippen LogP contribution in [0.4, 0.5) is 0 Å². The van der Waals surface area contributed by atoms with Crippen LogP contribution in [0, 0.1) is 0 Å². The molecule has 0 spiro atoms. The molecule has 0 atom stereocenters. The topological polar surface area (TPSA) is 27.1 Å². The zero-order valence-corrected chi connectivity index (χ0v) is 10.4. The molecule has 0 aliphatic carbocycles. The lowest BCUT2D eigenvalue weighted by atomic mass is 10.2. The first-order valence-electron chi connectivity index (χ1n) is 4.98. The number of aryl methyl sites for hydroxylation is 1. The van der Waals surface area contributed by atoms with E-state index in [1.54, 1.807) is 13.3 Å². The molecule has 0 aromatic carbocycles. The summed E-state index contributed by atoms with van der Waals surface area (Å²) in [5.41, 5.74) is 1.22. The Kier molecular flexibility index (Phi) is 5.01. The summed E-state index contributed by atoms with van der Waals surface area (Å²) in [4.78, 5) is 0. The molecule has 0 fully saturated rings. The molecule has 0 aliphatic heterocycles. The molecule has 0 aliphatic rings. The van der Waals surface area contributed by atoms with Gasteiger partial charge < -0.3 is 4.74 Å². The zero-order valence-electron chi connectivity index (χ0n) is 8.79. The average Bonchev–Trinajstić information content (AvgIpc) is 2.58. The van der Waals surface area contributed by atoms with Crippen LogP contribution in [0.1, 0.15) is 25.5 Å². The first kappa shape index (κ1) is 11.6. The molecule has 3 nitrogen and oxygen atoms in total. The van der Waals surface area contributed by atoms with Gasteiger partial charge in [-0.1, -0.05) is 22.9 Å². The normalized spacial score (nSPS) is 10.5. The van der Waals surface area contributed by atoms with Crippen LogP contribution in [0.25, 0.3) is 0 Å². The number of hydrogen-bond donors (Lipinski definition) is 0. The van der Waals surface area contributed by atoms with E-state index in [2.05, 4.69) is 28.0 Å². The lowest BCUT2D eigenvalue weighted by molar-refractivity contribution is 0.406. The van der Waals surface area contributed by atoms with Crippen molar-refractivity contribution in [3.05, 3.63) is 11.9 Å². The fourth-order valence-electron chi connectivity index (χ4n) is 1.46. The monoisotopic (exact) mass is 260 g/mol. The Morgan fingerprint density at radius 1 is 1.57 bits per heavy atom. The van der Waals surface area contributed by atoms with E-state index < -0.39 is 0 Å². The molecule has 0 bridgehead atoms. The highest BCUT2D eigenvalue weighted by molar-refractivity contribution is 9.09. The van der Waals surface area contributed by atoms with Crippen LogP contribution >= 0.6 is 15.9 Å². The number of halogens is 1. The third kappa shape index (κ3) is 2.74. The van der Waals surface area contributed by atoms with Crippen molar-refractivity contribution in [3.8, 4) is 5.75 Å². The summed E-state index contributed by atoms with van der Waals surface area (Å²) in [6.45, 7) is 3.13. The second-order valence-electron chi connectivity index (χ2n) is 3.18. The van der Waals surface area contributed by atoms with Crippen LogP contribution in [0.2, 0.25) is 0 Å². The van der Waals surface area contributed by atoms with Gasteiger partial charge in [-0.3, -0.25) is 4.68 Å². The summed E-state index contributed by atoms with van der Waals surface area (Å²) in [7, 11) is 1.70. The average molecular weight is 261 g/mol. The molecule has 4 heteroatoms. The van der Waals surface area contributed by atoms with Gasteiger partial charge in [0.1, 0.15) is 0 Å². The lowest BCUT2D eigenvalue weighted by Crippen LogP contribution is -2.05. The molecule has 0 amide bonds. The minimum atomic E-state index is 0.916. The first-order valence-corrected chi connectivity index (χ1v) is 6.10. The molecule has 1 aromatic heterocycles. The van der Waals surface area contributed by atoms with Crippen molar-refractivity contribution in [2.24, 2.45) is 0 Å². The minimum Gasteiger partial charge on any atom is -0.493 e. The van der Waals surface area contributed by atoms with Crippen molar-refractivity contribution in [1.82, 2.24) is 9.78 Å². The summed E-state index contributed by atoms with van der Waals surface area (Å²) in [5, 5.41) is 5.33. The van der Waals surface area contributed by atoms with E-state index in [1.165, 1.54) is 5.69 Å². The molecule has 0 N–H and O–H groups in total. The number of aromatic nitrogens is 2. The van der Waals surface area contributed by atoms with Crippen molar-refractivity contribution in [2.45, 2.75) is 32.7 Å². The molecular weight excluding hydrogens is 244 g/mol. The number of methoxy groups -OCH3 is 1. The van der Waals surface area contributed by atoms with Gasteiger partial charge in [-0.05, 0) is 19.3 Å². The van der Waals surface area contributed by atoms with Crippen LogP contribution in [0.15, 0.2) is 6.20 Å². The van der Waals surface area contributed by atoms with Gasteiger partial charge in [0.25, 0.3) is 0 Å². The Hall–Kier alpha value is -0.510. The smallest absolute Gasteiger partial charge is 0.159 e. The Morgan fingerprint density at radius 2 is 2.36 bits per heavy atom. The van der Waals surface area contributed by atoms with Gasteiger partial charge in [-0.15, -0.1) is 0 Å². The van der Waals surface area contributed by atoms with Gasteiger partial charge >= 0.3 is 0 Å². The quantitative estimate of drug-likeness (QED) is 0.736. The van der Waals surface area contributed by atoms with E-state index in [0.717, 1.165) is 36.9 Å². The molecule has 1 aromatic rings. The number of rotatable bonds is 6. The van der Waals surface area contributed by atoms with Gasteiger partial charge in [0.05, 0.1) is 19.0 Å². The maximum atomic E-state index is 5.27. The largest absolute Gasteiger partial charge is 0.493 e. The van der Waals surface area contributed by atoms with Gasteiger partial charge in [0.2, 0.25) is 0 Å². The Morgan fingerprint density at radius 3 is 2.93 bits per heavy atom. The van der Waals surface area contributed by atoms with E-state index in [4.69, 9.17) is 4.74 Å². The van der Waals surface area contributed by atoms with E-state index in [9.17, 15) is 0 Å². The highest BCUT2D eigenvalue weighted by Gasteiger charge is 2.09. The van der Waals surface area contributed by atoms with E-state index in [0.29, 0.717) is 0 Å². The molecule has 0 saturated heterocycles. The third-order valence-electron chi connectivity index (χ3n) is 2.11. The molecule has 0 saturated carbocycles. The highest BCUT2D eigenvalue weighted by Crippen LogP contribution is 2.19. The van der Waals surface area contributed by atoms with Crippen LogP contribution in [0.3, 0.4) is 0 Å². The molecular formula is C10H17BrN2O. The number of alkyl halides is 1. The zero-order chi connectivity index (χ0) is 10.4. The predicted octanol–water partition coefficient (Wildman–Crippen LogP) is 2.63. The summed E-state index contributed by atoms with van der Waals surface area (Å²) in [6, 6.07) is 0. The van der Waals surface area contributed by atoms with E-state index in [-0.39, 0.29) is 0 Å². The SMILES string of the molecule is CCCn1ncc(OC)c1CCCBr. The number of ether oxygens (including phenoxy) is 1. The van der Waals surface area contributed by atoms with Crippen molar-refractivity contribution in [1.29, 1.82) is 0 Å². The molecule has 80 valence electrons. The Labute approximate surface area is 93.6 Å². The van der Waals surface area contributed by atoms with Crippen molar-refractivity contribution >= 4 is 15.9 Å². The van der Waals surface area contributed by atoms with Gasteiger partial charge in [0, 0.05) is 11.9 Å². The molecule has 0 unspecified atom stereocenters. The second kappa shape index (κ2) is 6.06. The van der Waals surface area contributed by atoms with Crippen LogP contribution in [-0.2, 0) is 13.0 Å². The fraction of sp³-hybridized carbons (Fsp3) is 0.700. The maximum absolute atomic E-state index is 5.27. The van der Waals surface area contributed by atoms with Crippen LogP contribution in [-0.4, -0.2) is 22.2 Å². The summed E-state index contributed by atoms with van der Waals surface area (Å²) < 4.78 is 7.31. The number of hydrogen-bond acceptors (Lipinski definition) is 2. The van der Waals surface area contributed by atoms with Crippen molar-refractivity contribution in [2.75, 3.05) is 12.4 Å². The Bertz CT molecular complexity index is 273. The standard InChI is InChI=1S/C10H17BrN2O/c1-3-7-13-9(5-4-6-11)10(14-2)8-12-13/h8H,3-7H2,1-2H3. The van der Waals surface area contributed by atoms with Crippen molar-refractivity contribution in [3.63, 3.8) is 0 Å². The maximum Gasteiger partial charge on any atom is 0.159 e. The summed E-state index contributed by atoms with van der Waals surface area (Å²) in [5.74, 6) is 0.916. The predicted molar refractivity (Wildman–Crippen MR) is 61.2 cm³/mol. The molecule has 0 radical (unpaired) electrons. The van der Waals surface area contributed by atoms with E-state index in [1.807, 2.05) is 4.68 Å². The summed E-state index contributed by atoms with van der Waals surface area (Å²) in [6.07, 6.45) is 5.05. The first-order chi connectivity index (χ1) is 6.83. The molecule has 1 heterocycles. The van der Waals surface area contributed by atoms with Crippen LogP contribution < -0.4 is 4.74 Å². The van der Waals surface area contributed by atoms with Crippen LogP contribution in [0.5, 0.6) is 5.75 Å². The van der Waals surface area contributed by atoms with Gasteiger partial charge in [-0.2, -0.15) is 5.10 Å². The molecule has 1 rings (SSSR count). The summed E-state index contributed by atoms with van der Waals surface area (Å²) >= 11 is 3.43. The van der Waals surface area contributed by atoms with Gasteiger partial charge in [0.15, 0.2) is 5.75 Å². The molecule has 14 heavy (non-hydrogen) atoms. The fourth-order valence-corrected chi connectivity index (χ4v) is 1.74. The second-order valence-corrected chi connectivity index (χ2v) is 3.97. The number of nitrogens with zero attached hydrogens (tertiary/aromatic N) is 2. The highest BCUT2D eigenvalue weighted by atomic mass is 79.9. The van der Waals surface area contributed by atoms with Crippen molar-refractivity contribution < 1.29 is 4.74 Å². The third-order valence-corrected chi connectivity index (χ3v) is 2.67. The lowest BCUT2D eigenvalue weighted by Gasteiger charge is -2.06. The minimum absolute atomic E-state index is 0.916.